The van der Waals surface area contributed by atoms with Crippen molar-refractivity contribution >= 4 is 22.4 Å². The molecule has 4 aromatic rings. The highest BCUT2D eigenvalue weighted by atomic mass is 32.1. The van der Waals surface area contributed by atoms with E-state index in [1.165, 1.54) is 15.9 Å². The summed E-state index contributed by atoms with van der Waals surface area (Å²) in [6, 6.07) is 11.4. The van der Waals surface area contributed by atoms with E-state index in [9.17, 15) is 4.79 Å². The molecule has 0 atom stereocenters. The first kappa shape index (κ1) is 17.4. The van der Waals surface area contributed by atoms with E-state index in [-0.39, 0.29) is 5.56 Å². The van der Waals surface area contributed by atoms with Gasteiger partial charge in [0.25, 0.3) is 5.56 Å². The number of unbranched alkanes of at least 4 members (excludes halogenated alkanes) is 1. The van der Waals surface area contributed by atoms with Crippen LogP contribution in [0.2, 0.25) is 0 Å². The SMILES string of the molecule is CCCCOc1ccc(-c2nc3sc(=Cc4cccnc4)c(=O)n3n2)cc1. The predicted octanol–water partition coefficient (Wildman–Crippen LogP) is 2.94. The number of hydrogen-bond acceptors (Lipinski definition) is 6. The second-order valence-electron chi connectivity index (χ2n) is 6.06. The van der Waals surface area contributed by atoms with Gasteiger partial charge in [0.15, 0.2) is 5.82 Å². The number of aromatic nitrogens is 4. The second-order valence-corrected chi connectivity index (χ2v) is 7.07. The van der Waals surface area contributed by atoms with Gasteiger partial charge in [0.2, 0.25) is 4.96 Å². The summed E-state index contributed by atoms with van der Waals surface area (Å²) < 4.78 is 7.61. The summed E-state index contributed by atoms with van der Waals surface area (Å²) in [4.78, 5) is 21.7. The Balaban J connectivity index is 1.61. The van der Waals surface area contributed by atoms with Gasteiger partial charge in [0, 0.05) is 18.0 Å². The van der Waals surface area contributed by atoms with Gasteiger partial charge < -0.3 is 4.74 Å². The van der Waals surface area contributed by atoms with Crippen molar-refractivity contribution in [3.8, 4) is 17.1 Å². The first-order valence-corrected chi connectivity index (χ1v) is 9.61. The summed E-state index contributed by atoms with van der Waals surface area (Å²) in [5.41, 5.74) is 1.56. The van der Waals surface area contributed by atoms with Crippen molar-refractivity contribution in [1.82, 2.24) is 19.6 Å². The lowest BCUT2D eigenvalue weighted by molar-refractivity contribution is 0.309. The molecule has 0 aliphatic rings. The molecule has 0 aliphatic heterocycles. The summed E-state index contributed by atoms with van der Waals surface area (Å²) in [6.45, 7) is 2.84. The van der Waals surface area contributed by atoms with E-state index in [0.717, 1.165) is 29.7 Å². The van der Waals surface area contributed by atoms with Crippen molar-refractivity contribution in [2.24, 2.45) is 0 Å². The van der Waals surface area contributed by atoms with Gasteiger partial charge in [-0.1, -0.05) is 30.7 Å². The molecule has 0 spiro atoms. The van der Waals surface area contributed by atoms with E-state index in [1.807, 2.05) is 36.4 Å². The van der Waals surface area contributed by atoms with E-state index in [4.69, 9.17) is 4.74 Å². The molecule has 1 aromatic carbocycles. The predicted molar refractivity (Wildman–Crippen MR) is 106 cm³/mol. The maximum absolute atomic E-state index is 12.6. The largest absolute Gasteiger partial charge is 0.494 e. The maximum atomic E-state index is 12.6. The second kappa shape index (κ2) is 7.67. The molecule has 7 heteroatoms. The van der Waals surface area contributed by atoms with Crippen LogP contribution in [0.3, 0.4) is 0 Å². The fourth-order valence-electron chi connectivity index (χ4n) is 2.60. The summed E-state index contributed by atoms with van der Waals surface area (Å²) in [5.74, 6) is 1.36. The number of thiazole rings is 1. The first-order valence-electron chi connectivity index (χ1n) is 8.79. The van der Waals surface area contributed by atoms with Gasteiger partial charge in [0.1, 0.15) is 5.75 Å². The molecule has 3 aromatic heterocycles. The molecule has 3 heterocycles. The molecule has 0 fully saturated rings. The van der Waals surface area contributed by atoms with Crippen molar-refractivity contribution in [2.75, 3.05) is 6.61 Å². The monoisotopic (exact) mass is 378 g/mol. The highest BCUT2D eigenvalue weighted by molar-refractivity contribution is 7.15. The van der Waals surface area contributed by atoms with Gasteiger partial charge in [-0.3, -0.25) is 9.78 Å². The lowest BCUT2D eigenvalue weighted by Crippen LogP contribution is -2.23. The summed E-state index contributed by atoms with van der Waals surface area (Å²) >= 11 is 1.32. The first-order chi connectivity index (χ1) is 13.2. The molecule has 0 bridgehead atoms. The van der Waals surface area contributed by atoms with Crippen LogP contribution in [0.15, 0.2) is 53.6 Å². The van der Waals surface area contributed by atoms with E-state index in [1.54, 1.807) is 18.5 Å². The van der Waals surface area contributed by atoms with Crippen molar-refractivity contribution < 1.29 is 4.74 Å². The average Bonchev–Trinajstić information content (AvgIpc) is 3.23. The third kappa shape index (κ3) is 3.73. The van der Waals surface area contributed by atoms with Crippen LogP contribution < -0.4 is 14.8 Å². The Morgan fingerprint density at radius 2 is 2.07 bits per heavy atom. The van der Waals surface area contributed by atoms with E-state index in [0.29, 0.717) is 21.9 Å². The van der Waals surface area contributed by atoms with Crippen LogP contribution in [0.1, 0.15) is 25.3 Å². The van der Waals surface area contributed by atoms with Crippen LogP contribution in [0.5, 0.6) is 5.75 Å². The average molecular weight is 378 g/mol. The molecule has 0 aliphatic carbocycles. The normalized spacial score (nSPS) is 12.0. The van der Waals surface area contributed by atoms with E-state index >= 15 is 0 Å². The lowest BCUT2D eigenvalue weighted by atomic mass is 10.2. The minimum Gasteiger partial charge on any atom is -0.494 e. The third-order valence-electron chi connectivity index (χ3n) is 4.04. The van der Waals surface area contributed by atoms with Gasteiger partial charge in [-0.15, -0.1) is 5.10 Å². The van der Waals surface area contributed by atoms with Crippen LogP contribution in [0.25, 0.3) is 22.4 Å². The Morgan fingerprint density at radius 1 is 1.22 bits per heavy atom. The molecule has 0 saturated carbocycles. The van der Waals surface area contributed by atoms with Crippen LogP contribution >= 0.6 is 11.3 Å². The summed E-state index contributed by atoms with van der Waals surface area (Å²) in [6.07, 6.45) is 7.35. The fourth-order valence-corrected chi connectivity index (χ4v) is 3.51. The number of ether oxygens (including phenoxy) is 1. The number of hydrogen-bond donors (Lipinski definition) is 0. The molecular formula is C20H18N4O2S. The van der Waals surface area contributed by atoms with Crippen molar-refractivity contribution in [3.63, 3.8) is 0 Å². The maximum Gasteiger partial charge on any atom is 0.291 e. The van der Waals surface area contributed by atoms with Crippen molar-refractivity contribution in [3.05, 3.63) is 69.2 Å². The molecule has 0 N–H and O–H groups in total. The summed E-state index contributed by atoms with van der Waals surface area (Å²) in [5, 5.41) is 4.38. The molecule has 136 valence electrons. The number of benzene rings is 1. The third-order valence-corrected chi connectivity index (χ3v) is 5.00. The molecule has 0 amide bonds. The Hall–Kier alpha value is -3.06. The van der Waals surface area contributed by atoms with Gasteiger partial charge in [-0.25, -0.2) is 0 Å². The topological polar surface area (TPSA) is 69.4 Å². The van der Waals surface area contributed by atoms with Gasteiger partial charge >= 0.3 is 0 Å². The zero-order chi connectivity index (χ0) is 18.6. The van der Waals surface area contributed by atoms with Gasteiger partial charge in [-0.05, 0) is 48.4 Å². The smallest absolute Gasteiger partial charge is 0.291 e. The molecule has 4 rings (SSSR count). The Morgan fingerprint density at radius 3 is 2.78 bits per heavy atom. The number of rotatable bonds is 6. The van der Waals surface area contributed by atoms with Crippen LogP contribution in [-0.4, -0.2) is 26.2 Å². The Kier molecular flexibility index (Phi) is 4.93. The highest BCUT2D eigenvalue weighted by Crippen LogP contribution is 2.20. The van der Waals surface area contributed by atoms with Crippen LogP contribution in [0.4, 0.5) is 0 Å². The summed E-state index contributed by atoms with van der Waals surface area (Å²) in [7, 11) is 0. The molecular weight excluding hydrogens is 360 g/mol. The molecule has 6 nitrogen and oxygen atoms in total. The molecule has 0 radical (unpaired) electrons. The van der Waals surface area contributed by atoms with E-state index in [2.05, 4.69) is 22.0 Å². The van der Waals surface area contributed by atoms with Gasteiger partial charge in [-0.2, -0.15) is 9.50 Å². The highest BCUT2D eigenvalue weighted by Gasteiger charge is 2.12. The molecule has 0 unspecified atom stereocenters. The number of pyridine rings is 1. The standard InChI is InChI=1S/C20H18N4O2S/c1-2-3-11-26-16-8-6-15(7-9-16)18-22-20-24(23-18)19(25)17(27-20)12-14-5-4-10-21-13-14/h4-10,12-13H,2-3,11H2,1H3. The lowest BCUT2D eigenvalue weighted by Gasteiger charge is -2.05. The van der Waals surface area contributed by atoms with Crippen molar-refractivity contribution in [1.29, 1.82) is 0 Å². The Bertz CT molecular complexity index is 1150. The zero-order valence-electron chi connectivity index (χ0n) is 14.8. The van der Waals surface area contributed by atoms with Crippen molar-refractivity contribution in [2.45, 2.75) is 19.8 Å². The molecule has 0 saturated heterocycles. The minimum atomic E-state index is -0.169. The zero-order valence-corrected chi connectivity index (χ0v) is 15.6. The van der Waals surface area contributed by atoms with Crippen LogP contribution in [0, 0.1) is 0 Å². The van der Waals surface area contributed by atoms with Crippen LogP contribution in [-0.2, 0) is 0 Å². The Labute approximate surface area is 159 Å². The number of fused-ring (bicyclic) bond motifs is 1. The quantitative estimate of drug-likeness (QED) is 0.483. The molecule has 27 heavy (non-hydrogen) atoms. The fraction of sp³-hybridized carbons (Fsp3) is 0.200. The minimum absolute atomic E-state index is 0.169. The van der Waals surface area contributed by atoms with Gasteiger partial charge in [0.05, 0.1) is 11.1 Å². The van der Waals surface area contributed by atoms with E-state index < -0.39 is 0 Å². The number of nitrogens with zero attached hydrogens (tertiary/aromatic N) is 4.